The first-order valence-corrected chi connectivity index (χ1v) is 4.83. The van der Waals surface area contributed by atoms with Gasteiger partial charge in [-0.1, -0.05) is 13.8 Å². The molecule has 1 aliphatic carbocycles. The standard InChI is InChI=1S/C11H16N2O/c1-11(2)9(10(11)12)8-5-4-7(14-3)6-13-8/h4-6,9-10H,12H2,1-3H3/t9-,10-/m1/s1. The van der Waals surface area contributed by atoms with Gasteiger partial charge in [0.25, 0.3) is 0 Å². The number of nitrogens with two attached hydrogens (primary N) is 1. The summed E-state index contributed by atoms with van der Waals surface area (Å²) in [6.45, 7) is 4.35. The van der Waals surface area contributed by atoms with E-state index >= 15 is 0 Å². The van der Waals surface area contributed by atoms with Gasteiger partial charge in [0.15, 0.2) is 0 Å². The molecule has 76 valence electrons. The average Bonchev–Trinajstić information content (AvgIpc) is 2.67. The lowest BCUT2D eigenvalue weighted by Gasteiger charge is -2.03. The van der Waals surface area contributed by atoms with Gasteiger partial charge in [-0.15, -0.1) is 0 Å². The maximum Gasteiger partial charge on any atom is 0.137 e. The topological polar surface area (TPSA) is 48.1 Å². The lowest BCUT2D eigenvalue weighted by atomic mass is 10.1. The summed E-state index contributed by atoms with van der Waals surface area (Å²) in [6, 6.07) is 4.17. The molecule has 0 spiro atoms. The van der Waals surface area contributed by atoms with Gasteiger partial charge in [-0.25, -0.2) is 0 Å². The van der Waals surface area contributed by atoms with Gasteiger partial charge in [-0.2, -0.15) is 0 Å². The van der Waals surface area contributed by atoms with Crippen LogP contribution in [0.1, 0.15) is 25.5 Å². The number of methoxy groups -OCH3 is 1. The number of hydrogen-bond donors (Lipinski definition) is 1. The molecule has 2 rings (SSSR count). The molecule has 0 aliphatic heterocycles. The van der Waals surface area contributed by atoms with Gasteiger partial charge < -0.3 is 10.5 Å². The Hall–Kier alpha value is -1.09. The average molecular weight is 192 g/mol. The summed E-state index contributed by atoms with van der Waals surface area (Å²) < 4.78 is 5.05. The molecular formula is C11H16N2O. The molecule has 3 nitrogen and oxygen atoms in total. The van der Waals surface area contributed by atoms with E-state index in [9.17, 15) is 0 Å². The third kappa shape index (κ3) is 1.28. The van der Waals surface area contributed by atoms with Gasteiger partial charge in [0.2, 0.25) is 0 Å². The molecule has 1 fully saturated rings. The van der Waals surface area contributed by atoms with Crippen LogP contribution in [0.5, 0.6) is 5.75 Å². The lowest BCUT2D eigenvalue weighted by molar-refractivity contribution is 0.412. The molecule has 1 heterocycles. The van der Waals surface area contributed by atoms with Crippen LogP contribution in [0.4, 0.5) is 0 Å². The van der Waals surface area contributed by atoms with Crippen LogP contribution in [0.2, 0.25) is 0 Å². The van der Waals surface area contributed by atoms with Gasteiger partial charge in [0, 0.05) is 17.7 Å². The van der Waals surface area contributed by atoms with Crippen LogP contribution in [0.15, 0.2) is 18.3 Å². The van der Waals surface area contributed by atoms with Crippen molar-refractivity contribution in [3.05, 3.63) is 24.0 Å². The Labute approximate surface area is 84.3 Å². The van der Waals surface area contributed by atoms with Crippen molar-refractivity contribution in [1.82, 2.24) is 4.98 Å². The molecule has 14 heavy (non-hydrogen) atoms. The normalized spacial score (nSPS) is 28.6. The Morgan fingerprint density at radius 3 is 2.43 bits per heavy atom. The minimum absolute atomic E-state index is 0.196. The Bertz CT molecular complexity index is 332. The summed E-state index contributed by atoms with van der Waals surface area (Å²) in [6.07, 6.45) is 1.75. The molecule has 0 amide bonds. The first kappa shape index (κ1) is 9.46. The second-order valence-electron chi connectivity index (χ2n) is 4.45. The molecule has 1 aromatic rings. The van der Waals surface area contributed by atoms with Crippen molar-refractivity contribution in [1.29, 1.82) is 0 Å². The van der Waals surface area contributed by atoms with Crippen molar-refractivity contribution >= 4 is 0 Å². The van der Waals surface area contributed by atoms with Crippen molar-refractivity contribution in [3.63, 3.8) is 0 Å². The quantitative estimate of drug-likeness (QED) is 0.773. The Kier molecular flexibility index (Phi) is 2.00. The largest absolute Gasteiger partial charge is 0.495 e. The minimum Gasteiger partial charge on any atom is -0.495 e. The summed E-state index contributed by atoms with van der Waals surface area (Å²) in [5.74, 6) is 1.19. The van der Waals surface area contributed by atoms with Crippen molar-refractivity contribution in [2.24, 2.45) is 11.1 Å². The minimum atomic E-state index is 0.196. The van der Waals surface area contributed by atoms with Gasteiger partial charge >= 0.3 is 0 Å². The summed E-state index contributed by atoms with van der Waals surface area (Å²) in [7, 11) is 1.64. The summed E-state index contributed by atoms with van der Waals surface area (Å²) in [5, 5.41) is 0. The van der Waals surface area contributed by atoms with Gasteiger partial charge in [0.1, 0.15) is 5.75 Å². The van der Waals surface area contributed by atoms with E-state index in [1.165, 1.54) is 0 Å². The second kappa shape index (κ2) is 2.95. The maximum atomic E-state index is 5.98. The third-order valence-electron chi connectivity index (χ3n) is 3.22. The number of ether oxygens (including phenoxy) is 1. The highest BCUT2D eigenvalue weighted by Gasteiger charge is 2.56. The van der Waals surface area contributed by atoms with E-state index in [-0.39, 0.29) is 11.5 Å². The highest BCUT2D eigenvalue weighted by atomic mass is 16.5. The number of aromatic nitrogens is 1. The molecule has 2 atom stereocenters. The van der Waals surface area contributed by atoms with Gasteiger partial charge in [0.05, 0.1) is 13.3 Å². The fourth-order valence-corrected chi connectivity index (χ4v) is 1.94. The molecule has 2 N–H and O–H groups in total. The van der Waals surface area contributed by atoms with E-state index in [1.54, 1.807) is 13.3 Å². The number of nitrogens with zero attached hydrogens (tertiary/aromatic N) is 1. The lowest BCUT2D eigenvalue weighted by Crippen LogP contribution is -2.06. The third-order valence-corrected chi connectivity index (χ3v) is 3.22. The summed E-state index contributed by atoms with van der Waals surface area (Å²) in [4.78, 5) is 4.35. The Balaban J connectivity index is 2.20. The number of hydrogen-bond acceptors (Lipinski definition) is 3. The van der Waals surface area contributed by atoms with E-state index in [4.69, 9.17) is 10.5 Å². The van der Waals surface area contributed by atoms with E-state index in [0.717, 1.165) is 11.4 Å². The number of rotatable bonds is 2. The second-order valence-corrected chi connectivity index (χ2v) is 4.45. The van der Waals surface area contributed by atoms with E-state index < -0.39 is 0 Å². The Morgan fingerprint density at radius 2 is 2.07 bits per heavy atom. The van der Waals surface area contributed by atoms with Crippen LogP contribution in [-0.2, 0) is 0 Å². The fourth-order valence-electron chi connectivity index (χ4n) is 1.94. The molecule has 3 heteroatoms. The first-order chi connectivity index (χ1) is 6.57. The van der Waals surface area contributed by atoms with Crippen LogP contribution in [0, 0.1) is 5.41 Å². The predicted octanol–water partition coefficient (Wildman–Crippen LogP) is 1.54. The summed E-state index contributed by atoms with van der Waals surface area (Å²) >= 11 is 0. The molecule has 0 saturated heterocycles. The zero-order valence-electron chi connectivity index (χ0n) is 8.82. The highest BCUT2D eigenvalue weighted by molar-refractivity contribution is 5.31. The van der Waals surface area contributed by atoms with Crippen molar-refractivity contribution < 1.29 is 4.74 Å². The molecule has 1 saturated carbocycles. The van der Waals surface area contributed by atoms with E-state index in [1.807, 2.05) is 12.1 Å². The fraction of sp³-hybridized carbons (Fsp3) is 0.545. The van der Waals surface area contributed by atoms with Gasteiger partial charge in [-0.3, -0.25) is 4.98 Å². The van der Waals surface area contributed by atoms with Crippen LogP contribution >= 0.6 is 0 Å². The maximum absolute atomic E-state index is 5.98. The molecular weight excluding hydrogens is 176 g/mol. The SMILES string of the molecule is COc1ccc([C@@H]2[C@@H](N)C2(C)C)nc1. The first-order valence-electron chi connectivity index (χ1n) is 4.83. The molecule has 0 unspecified atom stereocenters. The molecule has 1 aromatic heterocycles. The van der Waals surface area contributed by atoms with Crippen LogP contribution in [0.25, 0.3) is 0 Å². The van der Waals surface area contributed by atoms with Crippen LogP contribution in [0.3, 0.4) is 0 Å². The Morgan fingerprint density at radius 1 is 1.43 bits per heavy atom. The number of pyridine rings is 1. The van der Waals surface area contributed by atoms with Crippen molar-refractivity contribution in [2.75, 3.05) is 7.11 Å². The van der Waals surface area contributed by atoms with Crippen LogP contribution < -0.4 is 10.5 Å². The van der Waals surface area contributed by atoms with E-state index in [2.05, 4.69) is 18.8 Å². The summed E-state index contributed by atoms with van der Waals surface area (Å²) in [5.41, 5.74) is 7.24. The van der Waals surface area contributed by atoms with Crippen molar-refractivity contribution in [2.45, 2.75) is 25.8 Å². The predicted molar refractivity (Wildman–Crippen MR) is 55.3 cm³/mol. The highest BCUT2D eigenvalue weighted by Crippen LogP contribution is 2.56. The van der Waals surface area contributed by atoms with E-state index in [0.29, 0.717) is 5.92 Å². The smallest absolute Gasteiger partial charge is 0.137 e. The van der Waals surface area contributed by atoms with Crippen molar-refractivity contribution in [3.8, 4) is 5.75 Å². The zero-order chi connectivity index (χ0) is 10.3. The zero-order valence-corrected chi connectivity index (χ0v) is 8.82. The van der Waals surface area contributed by atoms with Gasteiger partial charge in [-0.05, 0) is 17.5 Å². The monoisotopic (exact) mass is 192 g/mol. The molecule has 0 radical (unpaired) electrons. The molecule has 0 bridgehead atoms. The molecule has 1 aliphatic rings. The van der Waals surface area contributed by atoms with Crippen LogP contribution in [-0.4, -0.2) is 18.1 Å². The molecule has 0 aromatic carbocycles.